The maximum atomic E-state index is 12.0. The average molecular weight is 300 g/mol. The average Bonchev–Trinajstić information content (AvgIpc) is 2.26. The van der Waals surface area contributed by atoms with Gasteiger partial charge in [0.05, 0.1) is 16.1 Å². The molecule has 0 aromatic heterocycles. The summed E-state index contributed by atoms with van der Waals surface area (Å²) < 4.78 is 0. The van der Waals surface area contributed by atoms with Crippen molar-refractivity contribution in [3.8, 4) is 0 Å². The second-order valence-electron chi connectivity index (χ2n) is 5.62. The fourth-order valence-corrected chi connectivity index (χ4v) is 3.63. The van der Waals surface area contributed by atoms with E-state index in [1.54, 1.807) is 6.92 Å². The zero-order chi connectivity index (χ0) is 14.2. The minimum Gasteiger partial charge on any atom is -0.299 e. The van der Waals surface area contributed by atoms with Crippen LogP contribution in [0.15, 0.2) is 18.2 Å². The van der Waals surface area contributed by atoms with Crippen LogP contribution in [-0.4, -0.2) is 30.8 Å². The fourth-order valence-electron chi connectivity index (χ4n) is 3.33. The number of rotatable bonds is 4. The van der Waals surface area contributed by atoms with E-state index in [2.05, 4.69) is 0 Å². The van der Waals surface area contributed by atoms with Gasteiger partial charge in [-0.05, 0) is 51.6 Å². The molecule has 0 bridgehead atoms. The highest BCUT2D eigenvalue weighted by molar-refractivity contribution is 6.42. The van der Waals surface area contributed by atoms with Gasteiger partial charge in [-0.3, -0.25) is 9.69 Å². The molecule has 1 aromatic rings. The van der Waals surface area contributed by atoms with Crippen LogP contribution >= 0.6 is 23.2 Å². The van der Waals surface area contributed by atoms with Gasteiger partial charge in [-0.2, -0.15) is 0 Å². The van der Waals surface area contributed by atoms with Crippen LogP contribution in [0.1, 0.15) is 31.7 Å². The van der Waals surface area contributed by atoms with Gasteiger partial charge in [0.15, 0.2) is 0 Å². The maximum absolute atomic E-state index is 12.0. The second kappa shape index (κ2) is 5.43. The van der Waals surface area contributed by atoms with Crippen LogP contribution in [0.25, 0.3) is 0 Å². The smallest absolute Gasteiger partial charge is 0.147 e. The molecule has 1 aliphatic rings. The number of carbonyl (C=O) groups is 1. The van der Waals surface area contributed by atoms with Crippen LogP contribution in [-0.2, 0) is 10.2 Å². The van der Waals surface area contributed by atoms with E-state index < -0.39 is 0 Å². The Balaban J connectivity index is 2.47. The first-order valence-electron chi connectivity index (χ1n) is 6.51. The largest absolute Gasteiger partial charge is 0.299 e. The molecular formula is C15H19Cl2NO. The topological polar surface area (TPSA) is 20.3 Å². The molecule has 1 aromatic carbocycles. The van der Waals surface area contributed by atoms with E-state index in [4.69, 9.17) is 23.2 Å². The third-order valence-electron chi connectivity index (χ3n) is 4.17. The van der Waals surface area contributed by atoms with Crippen LogP contribution in [0, 0.1) is 0 Å². The van der Waals surface area contributed by atoms with E-state index in [0.717, 1.165) is 24.8 Å². The fraction of sp³-hybridized carbons (Fsp3) is 0.533. The van der Waals surface area contributed by atoms with Gasteiger partial charge in [0.1, 0.15) is 5.78 Å². The monoisotopic (exact) mass is 299 g/mol. The summed E-state index contributed by atoms with van der Waals surface area (Å²) in [7, 11) is 3.92. The van der Waals surface area contributed by atoms with Gasteiger partial charge < -0.3 is 0 Å². The van der Waals surface area contributed by atoms with Crippen molar-refractivity contribution in [3.63, 3.8) is 0 Å². The van der Waals surface area contributed by atoms with Crippen molar-refractivity contribution < 1.29 is 4.79 Å². The summed E-state index contributed by atoms with van der Waals surface area (Å²) in [6.45, 7) is 1.67. The SMILES string of the molecule is CC(=O)C(N(C)C)C1(c2ccc(Cl)c(Cl)c2)CCC1. The minimum absolute atomic E-state index is 0.0986. The summed E-state index contributed by atoms with van der Waals surface area (Å²) in [6.07, 6.45) is 3.19. The van der Waals surface area contributed by atoms with Gasteiger partial charge >= 0.3 is 0 Å². The Labute approximate surface area is 124 Å². The van der Waals surface area contributed by atoms with E-state index in [0.29, 0.717) is 10.0 Å². The molecule has 1 unspecified atom stereocenters. The van der Waals surface area contributed by atoms with E-state index in [1.807, 2.05) is 37.2 Å². The first-order valence-corrected chi connectivity index (χ1v) is 7.26. The summed E-state index contributed by atoms with van der Waals surface area (Å²) in [5, 5.41) is 1.12. The van der Waals surface area contributed by atoms with E-state index >= 15 is 0 Å². The molecule has 1 atom stereocenters. The molecule has 1 aliphatic carbocycles. The first-order chi connectivity index (χ1) is 8.88. The molecule has 0 amide bonds. The van der Waals surface area contributed by atoms with Crippen molar-refractivity contribution in [1.82, 2.24) is 4.90 Å². The number of benzene rings is 1. The Morgan fingerprint density at radius 1 is 1.26 bits per heavy atom. The molecule has 19 heavy (non-hydrogen) atoms. The van der Waals surface area contributed by atoms with E-state index in [9.17, 15) is 4.79 Å². The molecule has 1 fully saturated rings. The summed E-state index contributed by atoms with van der Waals surface area (Å²) in [4.78, 5) is 14.1. The molecule has 2 rings (SSSR count). The van der Waals surface area contributed by atoms with Crippen molar-refractivity contribution in [2.45, 2.75) is 37.6 Å². The number of hydrogen-bond acceptors (Lipinski definition) is 2. The number of Topliss-reactive ketones (excluding diaryl/α,β-unsaturated/α-hetero) is 1. The molecular weight excluding hydrogens is 281 g/mol. The zero-order valence-corrected chi connectivity index (χ0v) is 13.1. The molecule has 104 valence electrons. The van der Waals surface area contributed by atoms with Gasteiger partial charge in [0.2, 0.25) is 0 Å². The van der Waals surface area contributed by atoms with E-state index in [-0.39, 0.29) is 17.2 Å². The molecule has 0 radical (unpaired) electrons. The molecule has 0 heterocycles. The zero-order valence-electron chi connectivity index (χ0n) is 11.5. The number of ketones is 1. The normalized spacial score (nSPS) is 19.1. The Kier molecular flexibility index (Phi) is 4.24. The predicted octanol–water partition coefficient (Wildman–Crippen LogP) is 3.93. The summed E-state index contributed by atoms with van der Waals surface area (Å²) in [5.74, 6) is 0.204. The van der Waals surface area contributed by atoms with Gasteiger partial charge in [0, 0.05) is 5.41 Å². The summed E-state index contributed by atoms with van der Waals surface area (Å²) in [6, 6.07) is 5.65. The molecule has 1 saturated carbocycles. The molecule has 0 spiro atoms. The standard InChI is InChI=1S/C15H19Cl2NO/c1-10(19)14(18(2)3)15(7-4-8-15)11-5-6-12(16)13(17)9-11/h5-6,9,14H,4,7-8H2,1-3H3. The number of likely N-dealkylation sites (N-methyl/N-ethyl adjacent to an activating group) is 1. The lowest BCUT2D eigenvalue weighted by atomic mass is 9.59. The van der Waals surface area contributed by atoms with Crippen molar-refractivity contribution in [3.05, 3.63) is 33.8 Å². The Morgan fingerprint density at radius 2 is 1.89 bits per heavy atom. The lowest BCUT2D eigenvalue weighted by molar-refractivity contribution is -0.125. The highest BCUT2D eigenvalue weighted by Gasteiger charge is 2.48. The number of carbonyl (C=O) groups excluding carboxylic acids is 1. The molecule has 0 N–H and O–H groups in total. The highest BCUT2D eigenvalue weighted by Crippen LogP contribution is 2.49. The van der Waals surface area contributed by atoms with Crippen LogP contribution in [0.4, 0.5) is 0 Å². The van der Waals surface area contributed by atoms with Crippen molar-refractivity contribution in [2.75, 3.05) is 14.1 Å². The Morgan fingerprint density at radius 3 is 2.26 bits per heavy atom. The van der Waals surface area contributed by atoms with Gasteiger partial charge in [-0.1, -0.05) is 35.7 Å². The molecule has 0 saturated heterocycles. The predicted molar refractivity (Wildman–Crippen MR) is 80.1 cm³/mol. The second-order valence-corrected chi connectivity index (χ2v) is 6.43. The van der Waals surface area contributed by atoms with Gasteiger partial charge in [0.25, 0.3) is 0 Å². The molecule has 0 aliphatic heterocycles. The summed E-state index contributed by atoms with van der Waals surface area (Å²) >= 11 is 12.1. The third kappa shape index (κ3) is 2.54. The van der Waals surface area contributed by atoms with Gasteiger partial charge in [-0.15, -0.1) is 0 Å². The van der Waals surface area contributed by atoms with Crippen LogP contribution < -0.4 is 0 Å². The Bertz CT molecular complexity index is 495. The van der Waals surface area contributed by atoms with Crippen molar-refractivity contribution in [2.24, 2.45) is 0 Å². The molecule has 2 nitrogen and oxygen atoms in total. The highest BCUT2D eigenvalue weighted by atomic mass is 35.5. The third-order valence-corrected chi connectivity index (χ3v) is 4.90. The van der Waals surface area contributed by atoms with E-state index in [1.165, 1.54) is 0 Å². The lowest BCUT2D eigenvalue weighted by Gasteiger charge is -2.49. The maximum Gasteiger partial charge on any atom is 0.147 e. The first kappa shape index (κ1) is 14.8. The minimum atomic E-state index is -0.108. The van der Waals surface area contributed by atoms with Crippen molar-refractivity contribution >= 4 is 29.0 Å². The number of nitrogens with zero attached hydrogens (tertiary/aromatic N) is 1. The van der Waals surface area contributed by atoms with Crippen molar-refractivity contribution in [1.29, 1.82) is 0 Å². The van der Waals surface area contributed by atoms with Crippen LogP contribution in [0.2, 0.25) is 10.0 Å². The van der Waals surface area contributed by atoms with Crippen LogP contribution in [0.3, 0.4) is 0 Å². The number of hydrogen-bond donors (Lipinski definition) is 0. The molecule has 4 heteroatoms. The van der Waals surface area contributed by atoms with Gasteiger partial charge in [-0.25, -0.2) is 0 Å². The Hall–Kier alpha value is -0.570. The lowest BCUT2D eigenvalue weighted by Crippen LogP contribution is -2.55. The summed E-state index contributed by atoms with van der Waals surface area (Å²) in [5.41, 5.74) is 1.02. The number of halogens is 2. The van der Waals surface area contributed by atoms with Crippen LogP contribution in [0.5, 0.6) is 0 Å². The quantitative estimate of drug-likeness (QED) is 0.839.